The summed E-state index contributed by atoms with van der Waals surface area (Å²) in [6, 6.07) is 15.8. The average Bonchev–Trinajstić information content (AvgIpc) is 3.06. The van der Waals surface area contributed by atoms with Gasteiger partial charge in [0.05, 0.1) is 5.57 Å². The standard InChI is InChI=1S/C23H22N2O2/c1-22(2)14-23(12-17(13-24)20(22)26)10-11-25(15-23)21(27)19-9-5-7-16-6-3-4-8-18(16)19/h3-9,12H,10-11,14-15H2,1-2H3/t23-/m1/s1. The van der Waals surface area contributed by atoms with Crippen molar-refractivity contribution < 1.29 is 9.59 Å². The molecule has 2 aromatic rings. The highest BCUT2D eigenvalue weighted by Gasteiger charge is 2.48. The number of benzene rings is 2. The van der Waals surface area contributed by atoms with E-state index in [0.717, 1.165) is 17.2 Å². The van der Waals surface area contributed by atoms with Gasteiger partial charge in [-0.05, 0) is 29.7 Å². The summed E-state index contributed by atoms with van der Waals surface area (Å²) in [5.41, 5.74) is 0.0904. The molecule has 1 aliphatic carbocycles. The van der Waals surface area contributed by atoms with Crippen LogP contribution in [0.2, 0.25) is 0 Å². The van der Waals surface area contributed by atoms with E-state index >= 15 is 0 Å². The first-order valence-corrected chi connectivity index (χ1v) is 9.30. The molecule has 2 aliphatic rings. The van der Waals surface area contributed by atoms with E-state index in [1.165, 1.54) is 0 Å². The Morgan fingerprint density at radius 2 is 1.89 bits per heavy atom. The van der Waals surface area contributed by atoms with Gasteiger partial charge in [-0.1, -0.05) is 56.3 Å². The van der Waals surface area contributed by atoms with Gasteiger partial charge < -0.3 is 4.90 Å². The first-order valence-electron chi connectivity index (χ1n) is 9.30. The average molecular weight is 358 g/mol. The smallest absolute Gasteiger partial charge is 0.254 e. The number of carbonyl (C=O) groups excluding carboxylic acids is 2. The number of fused-ring (bicyclic) bond motifs is 1. The minimum absolute atomic E-state index is 0.0188. The van der Waals surface area contributed by atoms with Crippen molar-refractivity contribution in [2.45, 2.75) is 26.7 Å². The highest BCUT2D eigenvalue weighted by Crippen LogP contribution is 2.48. The summed E-state index contributed by atoms with van der Waals surface area (Å²) >= 11 is 0. The van der Waals surface area contributed by atoms with Crippen molar-refractivity contribution in [3.63, 3.8) is 0 Å². The predicted molar refractivity (Wildman–Crippen MR) is 104 cm³/mol. The quantitative estimate of drug-likeness (QED) is 0.770. The molecule has 1 saturated heterocycles. The molecule has 1 spiro atoms. The van der Waals surface area contributed by atoms with Gasteiger partial charge in [0.2, 0.25) is 0 Å². The molecule has 136 valence electrons. The van der Waals surface area contributed by atoms with Gasteiger partial charge in [0.1, 0.15) is 6.07 Å². The van der Waals surface area contributed by atoms with Crippen molar-refractivity contribution in [3.8, 4) is 6.07 Å². The van der Waals surface area contributed by atoms with Crippen LogP contribution >= 0.6 is 0 Å². The summed E-state index contributed by atoms with van der Waals surface area (Å²) in [5, 5.41) is 11.4. The third-order valence-corrected chi connectivity index (χ3v) is 5.92. The number of Topliss-reactive ketones (excluding diaryl/α,β-unsaturated/α-hetero) is 1. The highest BCUT2D eigenvalue weighted by molar-refractivity contribution is 6.07. The van der Waals surface area contributed by atoms with Crippen LogP contribution in [0.15, 0.2) is 54.1 Å². The fourth-order valence-electron chi connectivity index (χ4n) is 4.74. The highest BCUT2D eigenvalue weighted by atomic mass is 16.2. The molecule has 0 N–H and O–H groups in total. The number of rotatable bonds is 1. The van der Waals surface area contributed by atoms with Crippen LogP contribution in [-0.4, -0.2) is 29.7 Å². The van der Waals surface area contributed by atoms with E-state index in [0.29, 0.717) is 25.1 Å². The monoisotopic (exact) mass is 358 g/mol. The van der Waals surface area contributed by atoms with Gasteiger partial charge in [0.25, 0.3) is 5.91 Å². The topological polar surface area (TPSA) is 61.2 Å². The van der Waals surface area contributed by atoms with Crippen molar-refractivity contribution in [2.24, 2.45) is 10.8 Å². The van der Waals surface area contributed by atoms with Crippen molar-refractivity contribution in [3.05, 3.63) is 59.7 Å². The normalized spacial score (nSPS) is 24.1. The Morgan fingerprint density at radius 1 is 1.15 bits per heavy atom. The van der Waals surface area contributed by atoms with Crippen LogP contribution in [0.4, 0.5) is 0 Å². The molecule has 1 fully saturated rings. The minimum Gasteiger partial charge on any atom is -0.338 e. The van der Waals surface area contributed by atoms with Gasteiger partial charge in [-0.15, -0.1) is 0 Å². The Bertz CT molecular complexity index is 1020. The molecule has 2 aromatic carbocycles. The number of nitrogens with zero attached hydrogens (tertiary/aromatic N) is 2. The Hall–Kier alpha value is -2.93. The molecule has 0 aromatic heterocycles. The van der Waals surface area contributed by atoms with Crippen molar-refractivity contribution in [1.29, 1.82) is 5.26 Å². The number of amides is 1. The summed E-state index contributed by atoms with van der Waals surface area (Å²) in [7, 11) is 0. The number of hydrogen-bond donors (Lipinski definition) is 0. The third kappa shape index (κ3) is 2.84. The second kappa shape index (κ2) is 6.06. The first kappa shape index (κ1) is 17.5. The lowest BCUT2D eigenvalue weighted by atomic mass is 9.64. The largest absolute Gasteiger partial charge is 0.338 e. The second-order valence-corrected chi connectivity index (χ2v) is 8.43. The second-order valence-electron chi connectivity index (χ2n) is 8.43. The Balaban J connectivity index is 1.67. The number of likely N-dealkylation sites (tertiary alicyclic amines) is 1. The summed E-state index contributed by atoms with van der Waals surface area (Å²) in [6.07, 6.45) is 3.28. The van der Waals surface area contributed by atoms with E-state index in [2.05, 4.69) is 6.07 Å². The molecular formula is C23H22N2O2. The minimum atomic E-state index is -0.571. The SMILES string of the molecule is CC1(C)C[C@]2(C=C(C#N)C1=O)CCN(C(=O)c1cccc3ccccc13)C2. The van der Waals surface area contributed by atoms with Crippen LogP contribution in [0.25, 0.3) is 10.8 Å². The lowest BCUT2D eigenvalue weighted by Crippen LogP contribution is -2.40. The molecule has 0 bridgehead atoms. The van der Waals surface area contributed by atoms with Gasteiger partial charge in [0.15, 0.2) is 5.78 Å². The molecule has 1 heterocycles. The number of nitriles is 1. The molecule has 1 aliphatic heterocycles. The van der Waals surface area contributed by atoms with E-state index in [-0.39, 0.29) is 22.7 Å². The van der Waals surface area contributed by atoms with Crippen molar-refractivity contribution in [1.82, 2.24) is 4.90 Å². The maximum atomic E-state index is 13.2. The van der Waals surface area contributed by atoms with Gasteiger partial charge >= 0.3 is 0 Å². The van der Waals surface area contributed by atoms with Crippen LogP contribution in [0.5, 0.6) is 0 Å². The lowest BCUT2D eigenvalue weighted by Gasteiger charge is -2.38. The van der Waals surface area contributed by atoms with Crippen LogP contribution in [0.1, 0.15) is 37.0 Å². The molecule has 1 atom stereocenters. The van der Waals surface area contributed by atoms with E-state index < -0.39 is 5.41 Å². The molecule has 0 radical (unpaired) electrons. The fraction of sp³-hybridized carbons (Fsp3) is 0.348. The number of carbonyl (C=O) groups is 2. The summed E-state index contributed by atoms with van der Waals surface area (Å²) < 4.78 is 0. The third-order valence-electron chi connectivity index (χ3n) is 5.92. The van der Waals surface area contributed by atoms with Crippen LogP contribution in [0, 0.1) is 22.2 Å². The van der Waals surface area contributed by atoms with E-state index in [1.54, 1.807) is 0 Å². The van der Waals surface area contributed by atoms with E-state index in [4.69, 9.17) is 0 Å². The van der Waals surface area contributed by atoms with Gasteiger partial charge in [-0.25, -0.2) is 0 Å². The number of allylic oxidation sites excluding steroid dienone is 1. The summed E-state index contributed by atoms with van der Waals surface area (Å²) in [6.45, 7) is 4.99. The molecule has 0 unspecified atom stereocenters. The lowest BCUT2D eigenvalue weighted by molar-refractivity contribution is -0.125. The zero-order chi connectivity index (χ0) is 19.2. The van der Waals surface area contributed by atoms with Crippen LogP contribution < -0.4 is 0 Å². The van der Waals surface area contributed by atoms with Crippen LogP contribution in [0.3, 0.4) is 0 Å². The zero-order valence-corrected chi connectivity index (χ0v) is 15.7. The number of ketones is 1. The number of hydrogen-bond acceptors (Lipinski definition) is 3. The fourth-order valence-corrected chi connectivity index (χ4v) is 4.74. The van der Waals surface area contributed by atoms with Crippen LogP contribution in [-0.2, 0) is 4.79 Å². The Morgan fingerprint density at radius 3 is 2.67 bits per heavy atom. The van der Waals surface area contributed by atoms with Gasteiger partial charge in [-0.2, -0.15) is 5.26 Å². The zero-order valence-electron chi connectivity index (χ0n) is 15.7. The van der Waals surface area contributed by atoms with E-state index in [1.807, 2.05) is 67.3 Å². The predicted octanol–water partition coefficient (Wildman–Crippen LogP) is 4.12. The molecule has 4 rings (SSSR count). The maximum Gasteiger partial charge on any atom is 0.254 e. The van der Waals surface area contributed by atoms with Gasteiger partial charge in [0, 0.05) is 29.5 Å². The van der Waals surface area contributed by atoms with Gasteiger partial charge in [-0.3, -0.25) is 9.59 Å². The molecule has 0 saturated carbocycles. The van der Waals surface area contributed by atoms with Crippen molar-refractivity contribution >= 4 is 22.5 Å². The Kier molecular flexibility index (Phi) is 3.92. The molecule has 27 heavy (non-hydrogen) atoms. The summed E-state index contributed by atoms with van der Waals surface area (Å²) in [5.74, 6) is -0.0697. The first-order chi connectivity index (χ1) is 12.9. The van der Waals surface area contributed by atoms with E-state index in [9.17, 15) is 14.9 Å². The maximum absolute atomic E-state index is 13.2. The molecular weight excluding hydrogens is 336 g/mol. The van der Waals surface area contributed by atoms with Crippen molar-refractivity contribution in [2.75, 3.05) is 13.1 Å². The molecule has 4 heteroatoms. The molecule has 1 amide bonds. The summed E-state index contributed by atoms with van der Waals surface area (Å²) in [4.78, 5) is 27.5. The Labute approximate surface area is 159 Å². The molecule has 4 nitrogen and oxygen atoms in total.